The minimum absolute atomic E-state index is 0.601. The van der Waals surface area contributed by atoms with Gasteiger partial charge in [0.05, 0.1) is 0 Å². The van der Waals surface area contributed by atoms with Crippen molar-refractivity contribution >= 4 is 0 Å². The standard InChI is InChI=1S/C16H30N2/c1-12(2-4-17)18-5-3-16-9-13-6-14(10-16)8-15(7-13)11-16/h12-15,18H,2-11,17H2,1H3. The normalized spacial score (nSPS) is 43.3. The van der Waals surface area contributed by atoms with Crippen LogP contribution >= 0.6 is 0 Å². The van der Waals surface area contributed by atoms with Crippen LogP contribution in [0.4, 0.5) is 0 Å². The summed E-state index contributed by atoms with van der Waals surface area (Å²) in [7, 11) is 0. The maximum absolute atomic E-state index is 5.61. The van der Waals surface area contributed by atoms with E-state index in [-0.39, 0.29) is 0 Å². The molecule has 4 fully saturated rings. The lowest BCUT2D eigenvalue weighted by Gasteiger charge is -2.57. The molecule has 2 heteroatoms. The van der Waals surface area contributed by atoms with Gasteiger partial charge in [0.25, 0.3) is 0 Å². The van der Waals surface area contributed by atoms with Crippen molar-refractivity contribution in [2.75, 3.05) is 13.1 Å². The smallest absolute Gasteiger partial charge is 0.00507 e. The maximum atomic E-state index is 5.61. The fraction of sp³-hybridized carbons (Fsp3) is 1.00. The van der Waals surface area contributed by atoms with Gasteiger partial charge in [-0.25, -0.2) is 0 Å². The van der Waals surface area contributed by atoms with Crippen molar-refractivity contribution in [2.45, 2.75) is 64.3 Å². The Morgan fingerprint density at radius 2 is 1.67 bits per heavy atom. The predicted octanol–water partition coefficient (Wildman–Crippen LogP) is 2.92. The Balaban J connectivity index is 1.50. The topological polar surface area (TPSA) is 38.0 Å². The van der Waals surface area contributed by atoms with Crippen molar-refractivity contribution in [2.24, 2.45) is 28.9 Å². The van der Waals surface area contributed by atoms with Gasteiger partial charge < -0.3 is 11.1 Å². The van der Waals surface area contributed by atoms with E-state index in [1.54, 1.807) is 38.5 Å². The lowest BCUT2D eigenvalue weighted by atomic mass is 9.49. The molecule has 4 aliphatic rings. The lowest BCUT2D eigenvalue weighted by molar-refractivity contribution is -0.0569. The Morgan fingerprint density at radius 1 is 1.11 bits per heavy atom. The minimum Gasteiger partial charge on any atom is -0.330 e. The third-order valence-corrected chi connectivity index (χ3v) is 5.91. The molecule has 3 N–H and O–H groups in total. The summed E-state index contributed by atoms with van der Waals surface area (Å²) >= 11 is 0. The molecule has 1 atom stereocenters. The van der Waals surface area contributed by atoms with Crippen molar-refractivity contribution in [3.63, 3.8) is 0 Å². The average Bonchev–Trinajstić information content (AvgIpc) is 2.26. The van der Waals surface area contributed by atoms with E-state index in [0.29, 0.717) is 6.04 Å². The summed E-state index contributed by atoms with van der Waals surface area (Å²) in [5, 5.41) is 3.68. The third kappa shape index (κ3) is 2.60. The molecule has 0 saturated heterocycles. The van der Waals surface area contributed by atoms with Gasteiger partial charge in [-0.2, -0.15) is 0 Å². The largest absolute Gasteiger partial charge is 0.330 e. The van der Waals surface area contributed by atoms with Crippen LogP contribution < -0.4 is 11.1 Å². The van der Waals surface area contributed by atoms with E-state index >= 15 is 0 Å². The molecule has 0 heterocycles. The molecule has 0 aromatic heterocycles. The number of hydrogen-bond acceptors (Lipinski definition) is 2. The average molecular weight is 250 g/mol. The van der Waals surface area contributed by atoms with Crippen LogP contribution in [0.2, 0.25) is 0 Å². The Bertz CT molecular complexity index is 252. The first kappa shape index (κ1) is 12.9. The van der Waals surface area contributed by atoms with Crippen LogP contribution in [0.1, 0.15) is 58.3 Å². The molecular formula is C16H30N2. The van der Waals surface area contributed by atoms with E-state index in [1.807, 2.05) is 0 Å². The lowest BCUT2D eigenvalue weighted by Crippen LogP contribution is -2.47. The molecule has 4 bridgehead atoms. The van der Waals surface area contributed by atoms with Crippen molar-refractivity contribution < 1.29 is 0 Å². The molecule has 2 nitrogen and oxygen atoms in total. The van der Waals surface area contributed by atoms with Crippen LogP contribution in [0.15, 0.2) is 0 Å². The summed E-state index contributed by atoms with van der Waals surface area (Å²) in [6.07, 6.45) is 11.9. The monoisotopic (exact) mass is 250 g/mol. The van der Waals surface area contributed by atoms with Gasteiger partial charge in [0.15, 0.2) is 0 Å². The highest BCUT2D eigenvalue weighted by atomic mass is 14.9. The van der Waals surface area contributed by atoms with Gasteiger partial charge in [-0.1, -0.05) is 0 Å². The van der Waals surface area contributed by atoms with E-state index in [1.165, 1.54) is 13.0 Å². The van der Waals surface area contributed by atoms with Gasteiger partial charge in [0, 0.05) is 6.04 Å². The first-order valence-corrected chi connectivity index (χ1v) is 8.12. The summed E-state index contributed by atoms with van der Waals surface area (Å²) in [5.41, 5.74) is 6.35. The van der Waals surface area contributed by atoms with E-state index in [0.717, 1.165) is 36.1 Å². The van der Waals surface area contributed by atoms with E-state index in [9.17, 15) is 0 Å². The second-order valence-corrected chi connectivity index (χ2v) is 7.60. The molecule has 0 spiro atoms. The number of rotatable bonds is 6. The van der Waals surface area contributed by atoms with Gasteiger partial charge >= 0.3 is 0 Å². The Labute approximate surface area is 112 Å². The van der Waals surface area contributed by atoms with Gasteiger partial charge in [-0.3, -0.25) is 0 Å². The van der Waals surface area contributed by atoms with Gasteiger partial charge in [-0.15, -0.1) is 0 Å². The van der Waals surface area contributed by atoms with E-state index in [4.69, 9.17) is 5.73 Å². The van der Waals surface area contributed by atoms with Gasteiger partial charge in [0.1, 0.15) is 0 Å². The molecule has 0 aromatic carbocycles. The molecular weight excluding hydrogens is 220 g/mol. The minimum atomic E-state index is 0.601. The predicted molar refractivity (Wildman–Crippen MR) is 76.4 cm³/mol. The summed E-state index contributed by atoms with van der Waals surface area (Å²) in [6, 6.07) is 0.601. The first-order chi connectivity index (χ1) is 8.69. The van der Waals surface area contributed by atoms with Crippen molar-refractivity contribution in [3.8, 4) is 0 Å². The number of nitrogens with two attached hydrogens (primary N) is 1. The van der Waals surface area contributed by atoms with E-state index in [2.05, 4.69) is 12.2 Å². The van der Waals surface area contributed by atoms with Crippen LogP contribution in [0, 0.1) is 23.2 Å². The zero-order chi connectivity index (χ0) is 12.6. The molecule has 4 saturated carbocycles. The molecule has 0 aliphatic heterocycles. The highest BCUT2D eigenvalue weighted by molar-refractivity contribution is 5.01. The van der Waals surface area contributed by atoms with Crippen LogP contribution in [0.25, 0.3) is 0 Å². The van der Waals surface area contributed by atoms with Crippen molar-refractivity contribution in [1.82, 2.24) is 5.32 Å². The second-order valence-electron chi connectivity index (χ2n) is 7.60. The van der Waals surface area contributed by atoms with Gasteiger partial charge in [0.2, 0.25) is 0 Å². The fourth-order valence-electron chi connectivity index (χ4n) is 5.53. The van der Waals surface area contributed by atoms with Crippen molar-refractivity contribution in [1.29, 1.82) is 0 Å². The maximum Gasteiger partial charge on any atom is 0.00507 e. The van der Waals surface area contributed by atoms with Crippen molar-refractivity contribution in [3.05, 3.63) is 0 Å². The quantitative estimate of drug-likeness (QED) is 0.760. The van der Waals surface area contributed by atoms with Crippen LogP contribution in [-0.4, -0.2) is 19.1 Å². The third-order valence-electron chi connectivity index (χ3n) is 5.91. The first-order valence-electron chi connectivity index (χ1n) is 8.12. The van der Waals surface area contributed by atoms with E-state index < -0.39 is 0 Å². The molecule has 18 heavy (non-hydrogen) atoms. The zero-order valence-electron chi connectivity index (χ0n) is 12.0. The Morgan fingerprint density at radius 3 is 2.17 bits per heavy atom. The summed E-state index contributed by atoms with van der Waals surface area (Å²) < 4.78 is 0. The van der Waals surface area contributed by atoms with Crippen LogP contribution in [0.5, 0.6) is 0 Å². The molecule has 4 rings (SSSR count). The summed E-state index contributed by atoms with van der Waals surface area (Å²) in [5.74, 6) is 3.29. The van der Waals surface area contributed by atoms with Crippen LogP contribution in [0.3, 0.4) is 0 Å². The highest BCUT2D eigenvalue weighted by Gasteiger charge is 2.50. The highest BCUT2D eigenvalue weighted by Crippen LogP contribution is 2.61. The Kier molecular flexibility index (Phi) is 3.68. The number of hydrogen-bond donors (Lipinski definition) is 2. The molecule has 104 valence electrons. The van der Waals surface area contributed by atoms with Crippen LogP contribution in [-0.2, 0) is 0 Å². The second kappa shape index (κ2) is 5.13. The van der Waals surface area contributed by atoms with Gasteiger partial charge in [-0.05, 0) is 94.5 Å². The molecule has 0 amide bonds. The molecule has 0 radical (unpaired) electrons. The SMILES string of the molecule is CC(CCN)NCCC12CC3CC(CC(C3)C1)C2. The molecule has 1 unspecified atom stereocenters. The summed E-state index contributed by atoms with van der Waals surface area (Å²) in [4.78, 5) is 0. The Hall–Kier alpha value is -0.0800. The molecule has 0 aromatic rings. The molecule has 4 aliphatic carbocycles. The number of nitrogens with one attached hydrogen (secondary N) is 1. The zero-order valence-corrected chi connectivity index (χ0v) is 12.0. The summed E-state index contributed by atoms with van der Waals surface area (Å²) in [6.45, 7) is 4.30. The fourth-order valence-corrected chi connectivity index (χ4v) is 5.53.